The molecule has 11 nitrogen and oxygen atoms in total. The van der Waals surface area contributed by atoms with Gasteiger partial charge in [0.25, 0.3) is 10.0 Å². The smallest absolute Gasteiger partial charge is 0.366 e. The molecule has 2 heterocycles. The van der Waals surface area contributed by atoms with Crippen LogP contribution in [0.2, 0.25) is 0 Å². The number of sulfonamides is 3. The molecule has 2 aliphatic heterocycles. The SMILES string of the molecule is CC(C)(C(F)(F)S(=O)(=O)NS(C)(=O)=O)C(C)(C)S(=O)(=O)N1CCN(C2CCOC2=O)CC1. The van der Waals surface area contributed by atoms with Crippen LogP contribution >= 0.6 is 0 Å². The summed E-state index contributed by atoms with van der Waals surface area (Å²) < 4.78 is 108. The maximum Gasteiger partial charge on any atom is 0.366 e. The zero-order chi connectivity index (χ0) is 25.0. The molecule has 1 atom stereocenters. The number of carbonyl (C=O) groups excluding carboxylic acids is 1. The summed E-state index contributed by atoms with van der Waals surface area (Å²) in [5.41, 5.74) is -2.75. The van der Waals surface area contributed by atoms with E-state index in [1.807, 2.05) is 0 Å². The number of halogens is 2. The molecule has 1 unspecified atom stereocenters. The largest absolute Gasteiger partial charge is 0.464 e. The van der Waals surface area contributed by atoms with Crippen molar-refractivity contribution in [3.63, 3.8) is 0 Å². The van der Waals surface area contributed by atoms with Gasteiger partial charge in [-0.15, -0.1) is 4.13 Å². The van der Waals surface area contributed by atoms with Crippen molar-refractivity contribution >= 4 is 36.0 Å². The molecule has 0 aromatic carbocycles. The lowest BCUT2D eigenvalue weighted by Crippen LogP contribution is -2.65. The van der Waals surface area contributed by atoms with Crippen LogP contribution in [0.15, 0.2) is 0 Å². The maximum atomic E-state index is 15.2. The Hall–Kier alpha value is -0.940. The second-order valence-electron chi connectivity index (χ2n) is 8.92. The summed E-state index contributed by atoms with van der Waals surface area (Å²) in [7, 11) is -14.9. The minimum absolute atomic E-state index is 0.0917. The van der Waals surface area contributed by atoms with Crippen LogP contribution < -0.4 is 4.13 Å². The molecule has 2 aliphatic rings. The Balaban J connectivity index is 2.31. The van der Waals surface area contributed by atoms with E-state index in [9.17, 15) is 30.0 Å². The van der Waals surface area contributed by atoms with Crippen LogP contribution in [-0.2, 0) is 39.6 Å². The van der Waals surface area contributed by atoms with Gasteiger partial charge in [-0.2, -0.15) is 13.1 Å². The minimum Gasteiger partial charge on any atom is -0.464 e. The van der Waals surface area contributed by atoms with Gasteiger partial charge in [0, 0.05) is 32.6 Å². The number of piperazine rings is 1. The van der Waals surface area contributed by atoms with E-state index in [-0.39, 0.29) is 32.8 Å². The van der Waals surface area contributed by atoms with Gasteiger partial charge in [0.05, 0.1) is 23.0 Å². The first-order valence-electron chi connectivity index (χ1n) is 9.70. The lowest BCUT2D eigenvalue weighted by molar-refractivity contribution is -0.142. The Morgan fingerprint density at radius 2 is 1.47 bits per heavy atom. The molecule has 0 saturated carbocycles. The third kappa shape index (κ3) is 4.53. The van der Waals surface area contributed by atoms with Crippen LogP contribution in [0.4, 0.5) is 8.78 Å². The van der Waals surface area contributed by atoms with Gasteiger partial charge >= 0.3 is 11.2 Å². The summed E-state index contributed by atoms with van der Waals surface area (Å²) in [6.07, 6.45) is 0.872. The second kappa shape index (κ2) is 8.37. The number of nitrogens with one attached hydrogen (secondary N) is 1. The standard InChI is InChI=1S/C16H29F2N3O8S3/c1-14(2,16(17,18)31(25,26)19-30(5,23)24)15(3,4)32(27,28)21-9-7-20(8-10-21)12-6-11-29-13(12)22/h12,19H,6-11H2,1-5H3. The van der Waals surface area contributed by atoms with Gasteiger partial charge in [-0.25, -0.2) is 25.3 Å². The van der Waals surface area contributed by atoms with Gasteiger partial charge < -0.3 is 4.74 Å². The number of nitrogens with zero attached hydrogens (tertiary/aromatic N) is 2. The molecule has 2 saturated heterocycles. The quantitative estimate of drug-likeness (QED) is 0.415. The normalized spacial score (nSPS) is 23.3. The zero-order valence-electron chi connectivity index (χ0n) is 18.5. The first-order chi connectivity index (χ1) is 14.2. The number of alkyl halides is 2. The van der Waals surface area contributed by atoms with E-state index in [0.717, 1.165) is 36.1 Å². The Morgan fingerprint density at radius 3 is 1.88 bits per heavy atom. The Bertz CT molecular complexity index is 1060. The van der Waals surface area contributed by atoms with Gasteiger partial charge in [0.15, 0.2) is 0 Å². The van der Waals surface area contributed by atoms with Crippen LogP contribution in [0.5, 0.6) is 0 Å². The number of ether oxygens (including phenoxy) is 1. The van der Waals surface area contributed by atoms with Gasteiger partial charge in [0.2, 0.25) is 20.0 Å². The zero-order valence-corrected chi connectivity index (χ0v) is 20.9. The van der Waals surface area contributed by atoms with E-state index in [2.05, 4.69) is 0 Å². The van der Waals surface area contributed by atoms with Gasteiger partial charge in [-0.3, -0.25) is 9.69 Å². The van der Waals surface area contributed by atoms with E-state index in [1.165, 1.54) is 0 Å². The van der Waals surface area contributed by atoms with E-state index >= 15 is 8.78 Å². The van der Waals surface area contributed by atoms with Crippen molar-refractivity contribution in [1.29, 1.82) is 0 Å². The number of carbonyl (C=O) groups is 1. The van der Waals surface area contributed by atoms with E-state index in [0.29, 0.717) is 12.7 Å². The molecule has 0 bridgehead atoms. The Kier molecular flexibility index (Phi) is 7.15. The number of rotatable bonds is 8. The van der Waals surface area contributed by atoms with Crippen molar-refractivity contribution in [3.8, 4) is 0 Å². The predicted molar refractivity (Wildman–Crippen MR) is 111 cm³/mol. The number of cyclic esters (lactones) is 1. The van der Waals surface area contributed by atoms with Gasteiger partial charge in [-0.1, -0.05) is 13.8 Å². The lowest BCUT2D eigenvalue weighted by atomic mass is 9.80. The molecule has 2 fully saturated rings. The van der Waals surface area contributed by atoms with Crippen molar-refractivity contribution in [1.82, 2.24) is 13.3 Å². The summed E-state index contributed by atoms with van der Waals surface area (Å²) in [6.45, 7) is 3.90. The first-order valence-corrected chi connectivity index (χ1v) is 14.5. The Morgan fingerprint density at radius 1 is 0.969 bits per heavy atom. The molecular weight excluding hydrogens is 496 g/mol. The average Bonchev–Trinajstić information content (AvgIpc) is 3.05. The highest BCUT2D eigenvalue weighted by Gasteiger charge is 2.68. The van der Waals surface area contributed by atoms with Crippen molar-refractivity contribution in [2.45, 2.75) is 50.2 Å². The van der Waals surface area contributed by atoms with Gasteiger partial charge in [0.1, 0.15) is 6.04 Å². The third-order valence-electron chi connectivity index (χ3n) is 6.44. The molecule has 0 aliphatic carbocycles. The van der Waals surface area contributed by atoms with Crippen LogP contribution in [-0.4, -0.2) is 95.5 Å². The van der Waals surface area contributed by atoms with Crippen molar-refractivity contribution in [2.24, 2.45) is 5.41 Å². The van der Waals surface area contributed by atoms with E-state index in [1.54, 1.807) is 4.90 Å². The minimum atomic E-state index is -5.79. The highest BCUT2D eigenvalue weighted by molar-refractivity contribution is 8.04. The lowest BCUT2D eigenvalue weighted by Gasteiger charge is -2.47. The third-order valence-corrected chi connectivity index (χ3v) is 12.6. The first kappa shape index (κ1) is 27.3. The topological polar surface area (TPSA) is 147 Å². The van der Waals surface area contributed by atoms with Crippen molar-refractivity contribution in [3.05, 3.63) is 0 Å². The molecule has 0 aromatic heterocycles. The fourth-order valence-electron chi connectivity index (χ4n) is 3.66. The molecule has 2 rings (SSSR count). The summed E-state index contributed by atoms with van der Waals surface area (Å²) >= 11 is 0. The van der Waals surface area contributed by atoms with Crippen LogP contribution in [0.25, 0.3) is 0 Å². The van der Waals surface area contributed by atoms with E-state index < -0.39 is 57.5 Å². The molecule has 16 heteroatoms. The van der Waals surface area contributed by atoms with Crippen LogP contribution in [0, 0.1) is 5.41 Å². The van der Waals surface area contributed by atoms with E-state index in [4.69, 9.17) is 4.74 Å². The summed E-state index contributed by atoms with van der Waals surface area (Å²) in [5, 5.41) is -4.77. The molecule has 1 N–H and O–H groups in total. The molecule has 0 amide bonds. The Labute approximate surface area is 187 Å². The number of esters is 1. The number of hydrogen-bond donors (Lipinski definition) is 1. The highest BCUT2D eigenvalue weighted by Crippen LogP contribution is 2.51. The predicted octanol–water partition coefficient (Wildman–Crippen LogP) is -0.474. The monoisotopic (exact) mass is 525 g/mol. The summed E-state index contributed by atoms with van der Waals surface area (Å²) in [5.74, 6) is -0.397. The van der Waals surface area contributed by atoms with Gasteiger partial charge in [-0.05, 0) is 13.8 Å². The fourth-order valence-corrected chi connectivity index (χ4v) is 8.72. The molecule has 0 spiro atoms. The summed E-state index contributed by atoms with van der Waals surface area (Å²) in [6, 6.07) is -0.485. The van der Waals surface area contributed by atoms with Crippen LogP contribution in [0.3, 0.4) is 0 Å². The highest BCUT2D eigenvalue weighted by atomic mass is 32.3. The van der Waals surface area contributed by atoms with Crippen molar-refractivity contribution < 1.29 is 43.6 Å². The molecular formula is C16H29F2N3O8S3. The van der Waals surface area contributed by atoms with Crippen molar-refractivity contribution in [2.75, 3.05) is 39.0 Å². The van der Waals surface area contributed by atoms with Crippen LogP contribution in [0.1, 0.15) is 34.1 Å². The molecule has 0 radical (unpaired) electrons. The number of hydrogen-bond acceptors (Lipinski definition) is 9. The molecule has 32 heavy (non-hydrogen) atoms. The average molecular weight is 526 g/mol. The molecule has 188 valence electrons. The molecule has 0 aromatic rings. The summed E-state index contributed by atoms with van der Waals surface area (Å²) in [4.78, 5) is 13.5. The fraction of sp³-hybridized carbons (Fsp3) is 0.938. The maximum absolute atomic E-state index is 15.2. The second-order valence-corrected chi connectivity index (χ2v) is 15.1.